The first-order valence-electron chi connectivity index (χ1n) is 11.4. The van der Waals surface area contributed by atoms with Crippen LogP contribution in [0.1, 0.15) is 44.2 Å². The molecular weight excluding hydrogens is 451 g/mol. The first-order valence-corrected chi connectivity index (χ1v) is 11.4. The van der Waals surface area contributed by atoms with E-state index in [2.05, 4.69) is 15.1 Å². The smallest absolute Gasteiger partial charge is 0.410 e. The van der Waals surface area contributed by atoms with Crippen molar-refractivity contribution < 1.29 is 18.7 Å². The van der Waals surface area contributed by atoms with Crippen molar-refractivity contribution in [3.8, 4) is 0 Å². The molecule has 1 aliphatic heterocycles. The number of allylic oxidation sites excluding steroid dienone is 2. The molecule has 2 N–H and O–H groups in total. The lowest BCUT2D eigenvalue weighted by molar-refractivity contribution is 0.0136. The van der Waals surface area contributed by atoms with Gasteiger partial charge in [-0.3, -0.25) is 4.79 Å². The van der Waals surface area contributed by atoms with Crippen molar-refractivity contribution in [1.82, 2.24) is 19.7 Å². The van der Waals surface area contributed by atoms with E-state index in [1.54, 1.807) is 44.9 Å². The standard InChI is InChI=1S/C25H29FN6O3/c1-24(2,3)35-23(34)32-10-9-17-11-20(30-19-7-5-18(26)6-8-19)16(13-27)12-25(17,14-32)21(33)22-28-15-29-31(22)4/h5-8,11,13,15H,9-10,12,14,27H2,1-4H3. The van der Waals surface area contributed by atoms with Gasteiger partial charge >= 0.3 is 6.09 Å². The number of aliphatic imine (C=N–C) groups is 1. The number of benzene rings is 1. The highest BCUT2D eigenvalue weighted by atomic mass is 19.1. The van der Waals surface area contributed by atoms with Gasteiger partial charge in [0.1, 0.15) is 17.7 Å². The number of amides is 1. The summed E-state index contributed by atoms with van der Waals surface area (Å²) < 4.78 is 20.4. The molecular formula is C25H29FN6O3. The van der Waals surface area contributed by atoms with Crippen molar-refractivity contribution in [3.63, 3.8) is 0 Å². The number of Topliss-reactive ketones (excluding diaryl/α,β-unsaturated/α-hetero) is 1. The SMILES string of the molecule is Cn1ncnc1C(=O)C12CC(=CN)C(=Nc3ccc(F)cc3)C=C1CCN(C(=O)OC(C)(C)C)C2. The Balaban J connectivity index is 1.79. The van der Waals surface area contributed by atoms with Gasteiger partial charge in [0.05, 0.1) is 16.8 Å². The Labute approximate surface area is 203 Å². The molecule has 1 fully saturated rings. The summed E-state index contributed by atoms with van der Waals surface area (Å²) in [7, 11) is 1.65. The van der Waals surface area contributed by atoms with E-state index >= 15 is 0 Å². The second-order valence-corrected chi connectivity index (χ2v) is 9.78. The molecule has 35 heavy (non-hydrogen) atoms. The third kappa shape index (κ3) is 4.87. The summed E-state index contributed by atoms with van der Waals surface area (Å²) in [6, 6.07) is 5.82. The summed E-state index contributed by atoms with van der Waals surface area (Å²) in [5, 5.41) is 4.05. The highest BCUT2D eigenvalue weighted by Crippen LogP contribution is 2.46. The molecule has 0 spiro atoms. The number of likely N-dealkylation sites (tertiary alicyclic amines) is 1. The number of nitrogens with zero attached hydrogens (tertiary/aromatic N) is 5. The van der Waals surface area contributed by atoms with E-state index < -0.39 is 17.1 Å². The lowest BCUT2D eigenvalue weighted by Gasteiger charge is -2.45. The van der Waals surface area contributed by atoms with Gasteiger partial charge in [0.2, 0.25) is 5.78 Å². The zero-order valence-corrected chi connectivity index (χ0v) is 20.3. The van der Waals surface area contributed by atoms with Gasteiger partial charge in [-0.1, -0.05) is 5.57 Å². The molecule has 0 bridgehead atoms. The van der Waals surface area contributed by atoms with E-state index in [1.807, 2.05) is 6.08 Å². The van der Waals surface area contributed by atoms with Gasteiger partial charge in [0.15, 0.2) is 5.82 Å². The Kier molecular flexibility index (Phi) is 6.31. The quantitative estimate of drug-likeness (QED) is 0.670. The van der Waals surface area contributed by atoms with Gasteiger partial charge in [-0.25, -0.2) is 23.8 Å². The number of carbonyl (C=O) groups is 2. The van der Waals surface area contributed by atoms with Crippen LogP contribution in [0, 0.1) is 11.2 Å². The van der Waals surface area contributed by atoms with Gasteiger partial charge in [-0.15, -0.1) is 0 Å². The summed E-state index contributed by atoms with van der Waals surface area (Å²) in [5.41, 5.74) is 6.87. The largest absolute Gasteiger partial charge is 0.444 e. The minimum atomic E-state index is -1.09. The molecule has 1 atom stereocenters. The minimum Gasteiger partial charge on any atom is -0.444 e. The number of aryl methyl sites for hydroxylation is 1. The second kappa shape index (κ2) is 9.09. The molecule has 0 saturated carbocycles. The lowest BCUT2D eigenvalue weighted by Crippen LogP contribution is -2.54. The van der Waals surface area contributed by atoms with E-state index in [0.717, 1.165) is 5.57 Å². The normalized spacial score (nSPS) is 22.7. The van der Waals surface area contributed by atoms with Crippen LogP contribution in [0.15, 0.2) is 59.0 Å². The number of hydrogen-bond donors (Lipinski definition) is 1. The zero-order valence-electron chi connectivity index (χ0n) is 20.3. The topological polar surface area (TPSA) is 116 Å². The molecule has 1 aromatic heterocycles. The molecule has 1 aromatic carbocycles. The Morgan fingerprint density at radius 3 is 2.57 bits per heavy atom. The fraction of sp³-hybridized carbons (Fsp3) is 0.400. The number of ketones is 1. The summed E-state index contributed by atoms with van der Waals surface area (Å²) in [5.74, 6) is -0.414. The van der Waals surface area contributed by atoms with Crippen LogP contribution in [0.2, 0.25) is 0 Å². The number of hydrogen-bond acceptors (Lipinski definition) is 7. The van der Waals surface area contributed by atoms with Crippen LogP contribution in [0.4, 0.5) is 14.9 Å². The van der Waals surface area contributed by atoms with Crippen molar-refractivity contribution in [3.05, 3.63) is 65.7 Å². The molecule has 1 saturated heterocycles. The van der Waals surface area contributed by atoms with Gasteiger partial charge in [-0.2, -0.15) is 5.10 Å². The second-order valence-electron chi connectivity index (χ2n) is 9.78. The maximum Gasteiger partial charge on any atom is 0.410 e. The van der Waals surface area contributed by atoms with E-state index in [4.69, 9.17) is 10.5 Å². The summed E-state index contributed by atoms with van der Waals surface area (Å²) in [6.45, 7) is 5.90. The predicted octanol–water partition coefficient (Wildman–Crippen LogP) is 3.71. The number of halogens is 1. The molecule has 1 unspecified atom stereocenters. The van der Waals surface area contributed by atoms with E-state index in [1.165, 1.54) is 29.3 Å². The van der Waals surface area contributed by atoms with Crippen LogP contribution in [0.5, 0.6) is 0 Å². The number of ether oxygens (including phenoxy) is 1. The number of carbonyl (C=O) groups excluding carboxylic acids is 2. The fourth-order valence-electron chi connectivity index (χ4n) is 4.45. The van der Waals surface area contributed by atoms with Crippen LogP contribution in [-0.4, -0.2) is 55.9 Å². The highest BCUT2D eigenvalue weighted by molar-refractivity contribution is 6.14. The third-order valence-electron chi connectivity index (χ3n) is 6.14. The average Bonchev–Trinajstić information content (AvgIpc) is 3.23. The predicted molar refractivity (Wildman–Crippen MR) is 129 cm³/mol. The number of nitrogens with two attached hydrogens (primary N) is 1. The number of rotatable bonds is 3. The Hall–Kier alpha value is -3.82. The van der Waals surface area contributed by atoms with Gasteiger partial charge in [0.25, 0.3) is 0 Å². The molecule has 1 aliphatic carbocycles. The average molecular weight is 481 g/mol. The van der Waals surface area contributed by atoms with Crippen LogP contribution in [0.25, 0.3) is 0 Å². The molecule has 0 radical (unpaired) electrons. The summed E-state index contributed by atoms with van der Waals surface area (Å²) in [4.78, 5) is 37.3. The number of piperidine rings is 1. The van der Waals surface area contributed by atoms with E-state index in [9.17, 15) is 14.0 Å². The van der Waals surface area contributed by atoms with Crippen LogP contribution < -0.4 is 5.73 Å². The van der Waals surface area contributed by atoms with Crippen LogP contribution in [-0.2, 0) is 11.8 Å². The molecule has 2 aromatic rings. The minimum absolute atomic E-state index is 0.112. The Bertz CT molecular complexity index is 1240. The molecule has 2 heterocycles. The molecule has 10 heteroatoms. The fourth-order valence-corrected chi connectivity index (χ4v) is 4.45. The van der Waals surface area contributed by atoms with Crippen molar-refractivity contribution >= 4 is 23.3 Å². The molecule has 1 amide bonds. The van der Waals surface area contributed by atoms with Crippen molar-refractivity contribution in [2.75, 3.05) is 13.1 Å². The molecule has 2 aliphatic rings. The monoisotopic (exact) mass is 480 g/mol. The highest BCUT2D eigenvalue weighted by Gasteiger charge is 2.51. The summed E-state index contributed by atoms with van der Waals surface area (Å²) in [6.07, 6.45) is 4.79. The third-order valence-corrected chi connectivity index (χ3v) is 6.14. The van der Waals surface area contributed by atoms with Gasteiger partial charge in [0, 0.05) is 20.1 Å². The van der Waals surface area contributed by atoms with E-state index in [0.29, 0.717) is 29.9 Å². The summed E-state index contributed by atoms with van der Waals surface area (Å²) >= 11 is 0. The van der Waals surface area contributed by atoms with Crippen molar-refractivity contribution in [2.45, 2.75) is 39.2 Å². The first-order chi connectivity index (χ1) is 16.5. The Morgan fingerprint density at radius 2 is 1.97 bits per heavy atom. The maximum atomic E-state index is 14.0. The van der Waals surface area contributed by atoms with Crippen LogP contribution in [0.3, 0.4) is 0 Å². The molecule has 4 rings (SSSR count). The number of fused-ring (bicyclic) bond motifs is 1. The maximum absolute atomic E-state index is 14.0. The molecule has 9 nitrogen and oxygen atoms in total. The number of aromatic nitrogens is 3. The van der Waals surface area contributed by atoms with E-state index in [-0.39, 0.29) is 30.4 Å². The Morgan fingerprint density at radius 1 is 1.26 bits per heavy atom. The van der Waals surface area contributed by atoms with Gasteiger partial charge in [-0.05, 0) is 75.7 Å². The van der Waals surface area contributed by atoms with Gasteiger partial charge < -0.3 is 15.4 Å². The van der Waals surface area contributed by atoms with Crippen molar-refractivity contribution in [2.24, 2.45) is 23.2 Å². The van der Waals surface area contributed by atoms with Crippen LogP contribution >= 0.6 is 0 Å². The lowest BCUT2D eigenvalue weighted by atomic mass is 9.64. The van der Waals surface area contributed by atoms with Crippen molar-refractivity contribution in [1.29, 1.82) is 0 Å². The first kappa shape index (κ1) is 24.3. The molecule has 184 valence electrons. The zero-order chi connectivity index (χ0) is 25.4.